The number of carbonyl (C=O) groups excluding carboxylic acids is 2. The van der Waals surface area contributed by atoms with Gasteiger partial charge < -0.3 is 28.5 Å². The summed E-state index contributed by atoms with van der Waals surface area (Å²) in [6.07, 6.45) is 74.7. The first-order valence-corrected chi connectivity index (χ1v) is 35.1. The number of hydrogen-bond acceptors (Lipinski definition) is 7. The maximum Gasteiger partial charge on any atom is 0.306 e. The summed E-state index contributed by atoms with van der Waals surface area (Å²) in [5.74, 6) is -0.541. The van der Waals surface area contributed by atoms with Crippen LogP contribution in [-0.2, 0) is 27.9 Å². The summed E-state index contributed by atoms with van der Waals surface area (Å²) in [5.41, 5.74) is 0. The van der Waals surface area contributed by atoms with E-state index in [9.17, 15) is 19.0 Å². The van der Waals surface area contributed by atoms with Crippen LogP contribution in [0.2, 0.25) is 0 Å². The number of quaternary nitrogens is 1. The van der Waals surface area contributed by atoms with E-state index in [2.05, 4.69) is 74.7 Å². The number of ether oxygens (including phenoxy) is 1. The number of likely N-dealkylation sites (N-methyl/N-ethyl adjacent to an activating group) is 1. The highest BCUT2D eigenvalue weighted by atomic mass is 31.2. The van der Waals surface area contributed by atoms with E-state index in [0.717, 1.165) is 89.9 Å². The molecule has 0 aromatic carbocycles. The van der Waals surface area contributed by atoms with Crippen LogP contribution in [0.15, 0.2) is 60.8 Å². The molecule has 10 heteroatoms. The molecule has 1 N–H and O–H groups in total. The molecule has 0 saturated carbocycles. The molecule has 0 fully saturated rings. The maximum absolute atomic E-state index is 13.6. The van der Waals surface area contributed by atoms with Crippen molar-refractivity contribution in [2.75, 3.05) is 40.9 Å². The van der Waals surface area contributed by atoms with Crippen LogP contribution in [0.3, 0.4) is 0 Å². The fourth-order valence-electron chi connectivity index (χ4n) is 9.74. The molecular formula is C69H129N2O7P. The zero-order chi connectivity index (χ0) is 57.9. The number of phosphoric ester groups is 1. The van der Waals surface area contributed by atoms with Gasteiger partial charge in [0, 0.05) is 12.8 Å². The quantitative estimate of drug-likeness (QED) is 0.0212. The van der Waals surface area contributed by atoms with Crippen LogP contribution in [0.25, 0.3) is 0 Å². The summed E-state index contributed by atoms with van der Waals surface area (Å²) < 4.78 is 30.4. The number of phosphoric acid groups is 1. The lowest BCUT2D eigenvalue weighted by molar-refractivity contribution is -0.870. The molecule has 0 spiro atoms. The van der Waals surface area contributed by atoms with Crippen LogP contribution in [0.5, 0.6) is 0 Å². The van der Waals surface area contributed by atoms with Gasteiger partial charge in [0.1, 0.15) is 19.3 Å². The van der Waals surface area contributed by atoms with Crippen molar-refractivity contribution in [1.29, 1.82) is 0 Å². The largest absolute Gasteiger partial charge is 0.756 e. The van der Waals surface area contributed by atoms with E-state index in [-0.39, 0.29) is 31.5 Å². The Morgan fingerprint density at radius 2 is 0.772 bits per heavy atom. The number of nitrogens with one attached hydrogen (secondary N) is 1. The highest BCUT2D eigenvalue weighted by molar-refractivity contribution is 7.45. The van der Waals surface area contributed by atoms with Gasteiger partial charge >= 0.3 is 5.97 Å². The second kappa shape index (κ2) is 58.9. The average Bonchev–Trinajstić information content (AvgIpc) is 3.41. The second-order valence-electron chi connectivity index (χ2n) is 24.0. The van der Waals surface area contributed by atoms with Crippen molar-refractivity contribution >= 4 is 19.7 Å². The number of allylic oxidation sites excluding steroid dienone is 9. The molecule has 3 unspecified atom stereocenters. The molecule has 0 aromatic rings. The first-order valence-electron chi connectivity index (χ1n) is 33.6. The molecular weight excluding hydrogens is 1000 g/mol. The van der Waals surface area contributed by atoms with E-state index in [0.29, 0.717) is 17.4 Å². The van der Waals surface area contributed by atoms with Crippen LogP contribution in [-0.4, -0.2) is 69.4 Å². The molecule has 0 heterocycles. The molecule has 9 nitrogen and oxygen atoms in total. The third kappa shape index (κ3) is 60.1. The first kappa shape index (κ1) is 76.7. The maximum atomic E-state index is 13.6. The summed E-state index contributed by atoms with van der Waals surface area (Å²) in [6, 6.07) is -0.892. The number of unbranched alkanes of at least 4 members (excludes halogenated alkanes) is 37. The summed E-state index contributed by atoms with van der Waals surface area (Å²) in [7, 11) is 1.19. The predicted molar refractivity (Wildman–Crippen MR) is 339 cm³/mol. The number of esters is 1. The highest BCUT2D eigenvalue weighted by Gasteiger charge is 2.27. The Kier molecular flexibility index (Phi) is 57.2. The Morgan fingerprint density at radius 1 is 0.443 bits per heavy atom. The van der Waals surface area contributed by atoms with Gasteiger partial charge in [-0.15, -0.1) is 0 Å². The minimum absolute atomic E-state index is 0.0238. The Bertz CT molecular complexity index is 1540. The van der Waals surface area contributed by atoms with Gasteiger partial charge in [0.15, 0.2) is 0 Å². The van der Waals surface area contributed by atoms with Gasteiger partial charge in [0.25, 0.3) is 7.82 Å². The molecule has 0 bridgehead atoms. The van der Waals surface area contributed by atoms with Crippen molar-refractivity contribution in [3.63, 3.8) is 0 Å². The third-order valence-corrected chi connectivity index (χ3v) is 15.9. The minimum atomic E-state index is -4.70. The van der Waals surface area contributed by atoms with E-state index in [1.54, 1.807) is 0 Å². The Hall–Kier alpha value is -2.29. The minimum Gasteiger partial charge on any atom is -0.756 e. The predicted octanol–water partition coefficient (Wildman–Crippen LogP) is 20.4. The van der Waals surface area contributed by atoms with Gasteiger partial charge in [-0.05, 0) is 76.7 Å². The first-order chi connectivity index (χ1) is 38.4. The molecule has 3 atom stereocenters. The SMILES string of the molecule is CCCCC/C=C\C/C=C\C/C=C\C/C=C\CCCCCCCCCC(=O)OC(/C=C/CCCCCCCCCCCCC)C(COP(=O)([O-])OCC[N+](C)(C)C)NC(=O)CCCCCCCCCCCCCCCCCCC. The smallest absolute Gasteiger partial charge is 0.306 e. The Morgan fingerprint density at radius 3 is 1.18 bits per heavy atom. The molecule has 0 saturated heterocycles. The van der Waals surface area contributed by atoms with Gasteiger partial charge in [-0.3, -0.25) is 14.2 Å². The number of carbonyl (C=O) groups is 2. The van der Waals surface area contributed by atoms with E-state index in [1.165, 1.54) is 193 Å². The zero-order valence-corrected chi connectivity index (χ0v) is 53.7. The molecule has 79 heavy (non-hydrogen) atoms. The van der Waals surface area contributed by atoms with Gasteiger partial charge in [0.05, 0.1) is 33.8 Å². The summed E-state index contributed by atoms with van der Waals surface area (Å²) in [5, 5.41) is 3.04. The topological polar surface area (TPSA) is 114 Å². The fraction of sp³-hybridized carbons (Fsp3) is 0.826. The van der Waals surface area contributed by atoms with Crippen LogP contribution >= 0.6 is 7.82 Å². The summed E-state index contributed by atoms with van der Waals surface area (Å²) in [4.78, 5) is 40.1. The normalized spacial score (nSPS) is 14.0. The van der Waals surface area contributed by atoms with Crippen LogP contribution in [0.1, 0.15) is 316 Å². The van der Waals surface area contributed by atoms with E-state index >= 15 is 0 Å². The van der Waals surface area contributed by atoms with Crippen molar-refractivity contribution in [3.05, 3.63) is 60.8 Å². The molecule has 0 aromatic heterocycles. The fourth-order valence-corrected chi connectivity index (χ4v) is 10.5. The molecule has 0 aliphatic heterocycles. The van der Waals surface area contributed by atoms with Crippen LogP contribution in [0, 0.1) is 0 Å². The van der Waals surface area contributed by atoms with E-state index in [4.69, 9.17) is 13.8 Å². The zero-order valence-electron chi connectivity index (χ0n) is 52.8. The Balaban J connectivity index is 5.20. The number of amides is 1. The molecule has 0 rings (SSSR count). The van der Waals surface area contributed by atoms with Crippen molar-refractivity contribution in [2.45, 2.75) is 328 Å². The lowest BCUT2D eigenvalue weighted by atomic mass is 10.0. The van der Waals surface area contributed by atoms with E-state index < -0.39 is 20.0 Å². The highest BCUT2D eigenvalue weighted by Crippen LogP contribution is 2.38. The molecule has 1 amide bonds. The third-order valence-electron chi connectivity index (χ3n) is 15.0. The van der Waals surface area contributed by atoms with Crippen LogP contribution < -0.4 is 10.2 Å². The van der Waals surface area contributed by atoms with Crippen molar-refractivity contribution in [1.82, 2.24) is 5.32 Å². The lowest BCUT2D eigenvalue weighted by Crippen LogP contribution is -2.47. The molecule has 0 radical (unpaired) electrons. The van der Waals surface area contributed by atoms with Gasteiger partial charge in [0.2, 0.25) is 5.91 Å². The standard InChI is InChI=1S/C69H129N2O7P/c1-7-10-13-16-19-22-25-28-30-32-33-34-35-36-37-39-41-44-47-50-53-56-59-62-69(73)78-67(60-57-54-51-48-45-42-27-24-21-18-15-12-9-3)66(65-77-79(74,75)76-64-63-71(4,5)6)70-68(72)61-58-55-52-49-46-43-40-38-31-29-26-23-20-17-14-11-8-2/h19,22,28,30,33-34,36-37,57,60,66-67H,7-18,20-21,23-27,29,31-32,35,38-56,58-59,61-65H2,1-6H3,(H-,70,72,74,75)/b22-19-,30-28-,34-33-,37-36-,60-57+. The molecule has 462 valence electrons. The number of hydrogen-bond donors (Lipinski definition) is 1. The monoisotopic (exact) mass is 1130 g/mol. The van der Waals surface area contributed by atoms with Crippen molar-refractivity contribution in [2.24, 2.45) is 0 Å². The van der Waals surface area contributed by atoms with Crippen molar-refractivity contribution in [3.8, 4) is 0 Å². The summed E-state index contributed by atoms with van der Waals surface area (Å²) in [6.45, 7) is 6.85. The van der Waals surface area contributed by atoms with Crippen molar-refractivity contribution < 1.29 is 37.3 Å². The second-order valence-corrected chi connectivity index (χ2v) is 25.4. The molecule has 0 aliphatic carbocycles. The number of rotatable bonds is 61. The molecule has 0 aliphatic rings. The summed E-state index contributed by atoms with van der Waals surface area (Å²) >= 11 is 0. The van der Waals surface area contributed by atoms with Gasteiger partial charge in [-0.25, -0.2) is 0 Å². The van der Waals surface area contributed by atoms with Crippen LogP contribution in [0.4, 0.5) is 0 Å². The lowest BCUT2D eigenvalue weighted by Gasteiger charge is -2.30. The van der Waals surface area contributed by atoms with Gasteiger partial charge in [-0.1, -0.05) is 287 Å². The Labute approximate surface area is 490 Å². The number of nitrogens with zero attached hydrogens (tertiary/aromatic N) is 1. The van der Waals surface area contributed by atoms with Gasteiger partial charge in [-0.2, -0.15) is 0 Å². The average molecular weight is 1130 g/mol. The van der Waals surface area contributed by atoms with E-state index in [1.807, 2.05) is 33.3 Å².